The summed E-state index contributed by atoms with van der Waals surface area (Å²) >= 11 is 0. The standard InChI is InChI=1S/C11H14NO2/c1-2-11(14)10(12)7-8-3-5-9(13)6-4-8/h3-6,10,13H,1-2,7,12H2/t10-/m1/s1. The maximum Gasteiger partial charge on any atom is 0.149 e. The van der Waals surface area contributed by atoms with Crippen LogP contribution in [0.3, 0.4) is 0 Å². The van der Waals surface area contributed by atoms with Crippen molar-refractivity contribution in [2.45, 2.75) is 18.9 Å². The summed E-state index contributed by atoms with van der Waals surface area (Å²) in [6.45, 7) is 3.49. The molecule has 0 spiro atoms. The van der Waals surface area contributed by atoms with E-state index in [1.807, 2.05) is 0 Å². The summed E-state index contributed by atoms with van der Waals surface area (Å²) in [6.07, 6.45) is 0.716. The lowest BCUT2D eigenvalue weighted by molar-refractivity contribution is -0.119. The number of aromatic hydroxyl groups is 1. The molecule has 0 aliphatic carbocycles. The van der Waals surface area contributed by atoms with E-state index in [0.717, 1.165) is 5.56 Å². The first-order valence-electron chi connectivity index (χ1n) is 4.49. The molecule has 75 valence electrons. The van der Waals surface area contributed by atoms with Gasteiger partial charge in [0.15, 0.2) is 0 Å². The van der Waals surface area contributed by atoms with Crippen LogP contribution in [0.5, 0.6) is 5.75 Å². The topological polar surface area (TPSA) is 63.3 Å². The summed E-state index contributed by atoms with van der Waals surface area (Å²) < 4.78 is 0. The van der Waals surface area contributed by atoms with Crippen molar-refractivity contribution < 1.29 is 9.90 Å². The fourth-order valence-corrected chi connectivity index (χ4v) is 1.19. The van der Waals surface area contributed by atoms with Crippen LogP contribution in [-0.4, -0.2) is 16.9 Å². The quantitative estimate of drug-likeness (QED) is 0.749. The van der Waals surface area contributed by atoms with Gasteiger partial charge in [-0.25, -0.2) is 0 Å². The first kappa shape index (κ1) is 10.7. The molecular formula is C11H14NO2. The molecule has 0 amide bonds. The fraction of sp³-hybridized carbons (Fsp3) is 0.273. The van der Waals surface area contributed by atoms with Gasteiger partial charge in [0.05, 0.1) is 6.04 Å². The Bertz CT molecular complexity index is 306. The smallest absolute Gasteiger partial charge is 0.149 e. The SMILES string of the molecule is [CH2]CC(=O)[C@H](N)Cc1ccc(O)cc1. The van der Waals surface area contributed by atoms with Crippen molar-refractivity contribution in [2.75, 3.05) is 0 Å². The Morgan fingerprint density at radius 2 is 2.00 bits per heavy atom. The molecule has 0 bridgehead atoms. The van der Waals surface area contributed by atoms with Gasteiger partial charge in [-0.2, -0.15) is 0 Å². The largest absolute Gasteiger partial charge is 0.508 e. The van der Waals surface area contributed by atoms with E-state index >= 15 is 0 Å². The highest BCUT2D eigenvalue weighted by Gasteiger charge is 2.11. The molecule has 0 aliphatic heterocycles. The van der Waals surface area contributed by atoms with Gasteiger partial charge in [0, 0.05) is 6.42 Å². The molecule has 0 saturated carbocycles. The van der Waals surface area contributed by atoms with E-state index in [-0.39, 0.29) is 18.0 Å². The predicted molar refractivity (Wildman–Crippen MR) is 54.8 cm³/mol. The molecular weight excluding hydrogens is 178 g/mol. The summed E-state index contributed by atoms with van der Waals surface area (Å²) in [5, 5.41) is 9.04. The Balaban J connectivity index is 2.60. The first-order valence-corrected chi connectivity index (χ1v) is 4.49. The van der Waals surface area contributed by atoms with Crippen molar-refractivity contribution in [1.82, 2.24) is 0 Å². The second-order valence-electron chi connectivity index (χ2n) is 3.19. The number of carbonyl (C=O) groups is 1. The van der Waals surface area contributed by atoms with E-state index < -0.39 is 6.04 Å². The van der Waals surface area contributed by atoms with Crippen molar-refractivity contribution in [3.05, 3.63) is 36.8 Å². The summed E-state index contributed by atoms with van der Waals surface area (Å²) in [5.74, 6) is 0.170. The average molecular weight is 192 g/mol. The molecule has 3 heteroatoms. The van der Waals surface area contributed by atoms with Crippen LogP contribution in [0, 0.1) is 6.92 Å². The first-order chi connectivity index (χ1) is 6.63. The van der Waals surface area contributed by atoms with Crippen LogP contribution in [0.4, 0.5) is 0 Å². The van der Waals surface area contributed by atoms with Gasteiger partial charge in [-0.1, -0.05) is 12.1 Å². The molecule has 1 atom stereocenters. The molecule has 0 fully saturated rings. The Hall–Kier alpha value is -1.35. The minimum absolute atomic E-state index is 0.0434. The summed E-state index contributed by atoms with van der Waals surface area (Å²) in [6, 6.07) is 6.18. The number of carbonyl (C=O) groups excluding carboxylic acids is 1. The number of nitrogens with two attached hydrogens (primary N) is 1. The minimum Gasteiger partial charge on any atom is -0.508 e. The lowest BCUT2D eigenvalue weighted by atomic mass is 10.0. The molecule has 0 unspecified atom stereocenters. The molecule has 1 aromatic carbocycles. The Labute approximate surface area is 83.6 Å². The van der Waals surface area contributed by atoms with Crippen LogP contribution in [0.1, 0.15) is 12.0 Å². The number of hydrogen-bond acceptors (Lipinski definition) is 3. The van der Waals surface area contributed by atoms with Gasteiger partial charge in [-0.05, 0) is 31.0 Å². The molecule has 0 aliphatic rings. The molecule has 14 heavy (non-hydrogen) atoms. The highest BCUT2D eigenvalue weighted by molar-refractivity contribution is 5.84. The van der Waals surface area contributed by atoms with Gasteiger partial charge in [-0.15, -0.1) is 0 Å². The van der Waals surface area contributed by atoms with Gasteiger partial charge in [0.2, 0.25) is 0 Å². The van der Waals surface area contributed by atoms with Crippen LogP contribution in [0.25, 0.3) is 0 Å². The van der Waals surface area contributed by atoms with Gasteiger partial charge < -0.3 is 10.8 Å². The van der Waals surface area contributed by atoms with E-state index in [2.05, 4.69) is 6.92 Å². The van der Waals surface area contributed by atoms with Crippen molar-refractivity contribution in [1.29, 1.82) is 0 Å². The normalized spacial score (nSPS) is 12.4. The highest BCUT2D eigenvalue weighted by atomic mass is 16.3. The maximum absolute atomic E-state index is 11.1. The van der Waals surface area contributed by atoms with Crippen LogP contribution >= 0.6 is 0 Å². The molecule has 0 saturated heterocycles. The zero-order chi connectivity index (χ0) is 10.6. The van der Waals surface area contributed by atoms with Gasteiger partial charge in [0.25, 0.3) is 0 Å². The lowest BCUT2D eigenvalue weighted by Crippen LogP contribution is -2.32. The molecule has 3 nitrogen and oxygen atoms in total. The van der Waals surface area contributed by atoms with E-state index in [1.165, 1.54) is 0 Å². The third-order valence-electron chi connectivity index (χ3n) is 2.05. The zero-order valence-corrected chi connectivity index (χ0v) is 7.94. The van der Waals surface area contributed by atoms with Crippen LogP contribution < -0.4 is 5.73 Å². The van der Waals surface area contributed by atoms with E-state index in [9.17, 15) is 4.79 Å². The summed E-state index contributed by atoms with van der Waals surface area (Å²) in [4.78, 5) is 11.1. The van der Waals surface area contributed by atoms with Crippen LogP contribution in [-0.2, 0) is 11.2 Å². The van der Waals surface area contributed by atoms with E-state index in [1.54, 1.807) is 24.3 Å². The number of phenolic OH excluding ortho intramolecular Hbond substituents is 1. The van der Waals surface area contributed by atoms with Crippen molar-refractivity contribution in [2.24, 2.45) is 5.73 Å². The Kier molecular flexibility index (Phi) is 3.65. The van der Waals surface area contributed by atoms with E-state index in [0.29, 0.717) is 6.42 Å². The number of phenols is 1. The van der Waals surface area contributed by atoms with Crippen molar-refractivity contribution in [3.63, 3.8) is 0 Å². The molecule has 1 aromatic rings. The number of rotatable bonds is 4. The zero-order valence-electron chi connectivity index (χ0n) is 7.94. The molecule has 1 rings (SSSR count). The summed E-state index contributed by atoms with van der Waals surface area (Å²) in [7, 11) is 0. The Morgan fingerprint density at radius 1 is 1.43 bits per heavy atom. The molecule has 1 radical (unpaired) electrons. The van der Waals surface area contributed by atoms with Crippen LogP contribution in [0.2, 0.25) is 0 Å². The minimum atomic E-state index is -0.489. The Morgan fingerprint density at radius 3 is 2.50 bits per heavy atom. The lowest BCUT2D eigenvalue weighted by Gasteiger charge is -2.08. The second kappa shape index (κ2) is 4.77. The molecule has 0 aromatic heterocycles. The maximum atomic E-state index is 11.1. The predicted octanol–water partition coefficient (Wildman–Crippen LogP) is 1.06. The number of hydrogen-bond donors (Lipinski definition) is 2. The third-order valence-corrected chi connectivity index (χ3v) is 2.05. The summed E-state index contributed by atoms with van der Waals surface area (Å²) in [5.41, 5.74) is 6.59. The van der Waals surface area contributed by atoms with E-state index in [4.69, 9.17) is 10.8 Å². The second-order valence-corrected chi connectivity index (χ2v) is 3.19. The number of ketones is 1. The third kappa shape index (κ3) is 2.85. The highest BCUT2D eigenvalue weighted by Crippen LogP contribution is 2.11. The van der Waals surface area contributed by atoms with Gasteiger partial charge in [-0.3, -0.25) is 4.79 Å². The van der Waals surface area contributed by atoms with Crippen molar-refractivity contribution in [3.8, 4) is 5.75 Å². The van der Waals surface area contributed by atoms with Crippen molar-refractivity contribution >= 4 is 5.78 Å². The molecule has 3 N–H and O–H groups in total. The molecule has 0 heterocycles. The average Bonchev–Trinajstić information content (AvgIpc) is 2.20. The fourth-order valence-electron chi connectivity index (χ4n) is 1.19. The monoisotopic (exact) mass is 192 g/mol. The number of benzene rings is 1. The number of Topliss-reactive ketones (excluding diaryl/α,β-unsaturated/α-hetero) is 1. The van der Waals surface area contributed by atoms with Crippen LogP contribution in [0.15, 0.2) is 24.3 Å². The van der Waals surface area contributed by atoms with Gasteiger partial charge >= 0.3 is 0 Å². The van der Waals surface area contributed by atoms with Gasteiger partial charge in [0.1, 0.15) is 11.5 Å².